The molecule has 2 heterocycles. The molecule has 1 spiro atoms. The minimum absolute atomic E-state index is 0.0113. The molecule has 2 saturated heterocycles. The SMILES string of the molecule is CC(=O)c1ccc(C(=O)N2CCC3(CC2)CN(Cc2ccccc2Cl)C3c2ccccc2)cc1. The Morgan fingerprint density at radius 2 is 1.50 bits per heavy atom. The lowest BCUT2D eigenvalue weighted by atomic mass is 9.63. The molecule has 0 aliphatic carbocycles. The minimum atomic E-state index is 0.0113. The first-order chi connectivity index (χ1) is 16.5. The third kappa shape index (κ3) is 4.28. The highest BCUT2D eigenvalue weighted by molar-refractivity contribution is 6.31. The van der Waals surface area contributed by atoms with Crippen LogP contribution in [0.3, 0.4) is 0 Å². The van der Waals surface area contributed by atoms with E-state index < -0.39 is 0 Å². The number of likely N-dealkylation sites (tertiary alicyclic amines) is 2. The van der Waals surface area contributed by atoms with Gasteiger partial charge in [-0.25, -0.2) is 0 Å². The van der Waals surface area contributed by atoms with Gasteiger partial charge in [0.15, 0.2) is 5.78 Å². The summed E-state index contributed by atoms with van der Waals surface area (Å²) in [5, 5.41) is 0.812. The van der Waals surface area contributed by atoms with Crippen LogP contribution < -0.4 is 0 Å². The Bertz CT molecular complexity index is 1180. The van der Waals surface area contributed by atoms with Gasteiger partial charge in [0, 0.05) is 53.8 Å². The van der Waals surface area contributed by atoms with Crippen LogP contribution in [0.4, 0.5) is 0 Å². The fraction of sp³-hybridized carbons (Fsp3) is 0.310. The van der Waals surface area contributed by atoms with Gasteiger partial charge in [0.2, 0.25) is 0 Å². The predicted molar refractivity (Wildman–Crippen MR) is 135 cm³/mol. The highest BCUT2D eigenvalue weighted by Crippen LogP contribution is 2.55. The molecule has 3 aromatic carbocycles. The predicted octanol–water partition coefficient (Wildman–Crippen LogP) is 6.02. The van der Waals surface area contributed by atoms with Crippen LogP contribution in [-0.2, 0) is 6.54 Å². The van der Waals surface area contributed by atoms with Crippen LogP contribution in [0.1, 0.15) is 57.7 Å². The lowest BCUT2D eigenvalue weighted by Crippen LogP contribution is -2.62. The first-order valence-electron chi connectivity index (χ1n) is 11.9. The van der Waals surface area contributed by atoms with Gasteiger partial charge >= 0.3 is 0 Å². The topological polar surface area (TPSA) is 40.6 Å². The molecule has 0 bridgehead atoms. The fourth-order valence-electron chi connectivity index (χ4n) is 5.67. The van der Waals surface area contributed by atoms with E-state index in [1.165, 1.54) is 12.5 Å². The second-order valence-electron chi connectivity index (χ2n) is 9.60. The minimum Gasteiger partial charge on any atom is -0.339 e. The van der Waals surface area contributed by atoms with Crippen LogP contribution in [0.15, 0.2) is 78.9 Å². The van der Waals surface area contributed by atoms with Gasteiger partial charge in [0.25, 0.3) is 5.91 Å². The van der Waals surface area contributed by atoms with Crippen LogP contribution in [0.25, 0.3) is 0 Å². The van der Waals surface area contributed by atoms with E-state index in [0.717, 1.165) is 49.6 Å². The average Bonchev–Trinajstić information content (AvgIpc) is 2.85. The van der Waals surface area contributed by atoms with Gasteiger partial charge in [0.1, 0.15) is 0 Å². The molecule has 174 valence electrons. The third-order valence-electron chi connectivity index (χ3n) is 7.49. The van der Waals surface area contributed by atoms with Crippen LogP contribution in [-0.4, -0.2) is 41.1 Å². The van der Waals surface area contributed by atoms with Crippen molar-refractivity contribution < 1.29 is 9.59 Å². The van der Waals surface area contributed by atoms with Crippen molar-refractivity contribution >= 4 is 23.3 Å². The maximum absolute atomic E-state index is 13.1. The number of piperidine rings is 1. The number of carbonyl (C=O) groups excluding carboxylic acids is 2. The largest absolute Gasteiger partial charge is 0.339 e. The maximum atomic E-state index is 13.1. The van der Waals surface area contributed by atoms with Crippen molar-refractivity contribution in [2.24, 2.45) is 5.41 Å². The van der Waals surface area contributed by atoms with E-state index in [9.17, 15) is 9.59 Å². The summed E-state index contributed by atoms with van der Waals surface area (Å²) in [6.07, 6.45) is 1.95. The van der Waals surface area contributed by atoms with Crippen molar-refractivity contribution in [2.45, 2.75) is 32.4 Å². The van der Waals surface area contributed by atoms with E-state index in [1.807, 2.05) is 23.1 Å². The van der Waals surface area contributed by atoms with Gasteiger partial charge in [-0.2, -0.15) is 0 Å². The molecule has 1 atom stereocenters. The summed E-state index contributed by atoms with van der Waals surface area (Å²) in [4.78, 5) is 29.1. The molecule has 0 radical (unpaired) electrons. The summed E-state index contributed by atoms with van der Waals surface area (Å²) in [5.74, 6) is 0.0608. The Labute approximate surface area is 206 Å². The molecular weight excluding hydrogens is 444 g/mol. The van der Waals surface area contributed by atoms with E-state index in [0.29, 0.717) is 17.2 Å². The summed E-state index contributed by atoms with van der Waals surface area (Å²) in [6.45, 7) is 4.87. The van der Waals surface area contributed by atoms with Gasteiger partial charge in [-0.1, -0.05) is 72.3 Å². The molecule has 5 heteroatoms. The van der Waals surface area contributed by atoms with Crippen molar-refractivity contribution in [3.63, 3.8) is 0 Å². The molecule has 0 saturated carbocycles. The van der Waals surface area contributed by atoms with Crippen molar-refractivity contribution in [3.05, 3.63) is 106 Å². The zero-order valence-corrected chi connectivity index (χ0v) is 20.2. The second kappa shape index (κ2) is 9.36. The zero-order valence-electron chi connectivity index (χ0n) is 19.4. The lowest BCUT2D eigenvalue weighted by Gasteiger charge is -2.61. The molecule has 1 unspecified atom stereocenters. The summed E-state index contributed by atoms with van der Waals surface area (Å²) in [7, 11) is 0. The van der Waals surface area contributed by atoms with Gasteiger partial charge in [-0.05, 0) is 49.1 Å². The molecule has 2 aliphatic heterocycles. The Kier molecular flexibility index (Phi) is 6.28. The van der Waals surface area contributed by atoms with Crippen molar-refractivity contribution in [3.8, 4) is 0 Å². The lowest BCUT2D eigenvalue weighted by molar-refractivity contribution is -0.113. The third-order valence-corrected chi connectivity index (χ3v) is 7.86. The molecule has 0 N–H and O–H groups in total. The summed E-state index contributed by atoms with van der Waals surface area (Å²) in [5.41, 5.74) is 3.93. The quantitative estimate of drug-likeness (QED) is 0.426. The Morgan fingerprint density at radius 1 is 0.882 bits per heavy atom. The van der Waals surface area contributed by atoms with E-state index in [1.54, 1.807) is 24.3 Å². The van der Waals surface area contributed by atoms with Crippen LogP contribution in [0.5, 0.6) is 0 Å². The number of ketones is 1. The highest BCUT2D eigenvalue weighted by Gasteiger charge is 2.54. The summed E-state index contributed by atoms with van der Waals surface area (Å²) >= 11 is 6.47. The smallest absolute Gasteiger partial charge is 0.253 e. The van der Waals surface area contributed by atoms with Crippen LogP contribution >= 0.6 is 11.6 Å². The maximum Gasteiger partial charge on any atom is 0.253 e. The van der Waals surface area contributed by atoms with Crippen LogP contribution in [0.2, 0.25) is 5.02 Å². The number of nitrogens with zero attached hydrogens (tertiary/aromatic N) is 2. The van der Waals surface area contributed by atoms with Gasteiger partial charge in [-0.3, -0.25) is 14.5 Å². The molecule has 3 aromatic rings. The number of carbonyl (C=O) groups is 2. The number of halogens is 1. The molecule has 4 nitrogen and oxygen atoms in total. The fourth-order valence-corrected chi connectivity index (χ4v) is 5.86. The van der Waals surface area contributed by atoms with E-state index in [-0.39, 0.29) is 17.1 Å². The standard InChI is InChI=1S/C29H29ClN2O2/c1-21(33)22-11-13-24(14-12-22)28(34)31-17-15-29(16-18-31)20-32(19-25-9-5-6-10-26(25)30)27(29)23-7-3-2-4-8-23/h2-14,27H,15-20H2,1H3. The first-order valence-corrected chi connectivity index (χ1v) is 12.3. The van der Waals surface area contributed by atoms with Gasteiger partial charge in [-0.15, -0.1) is 0 Å². The Morgan fingerprint density at radius 3 is 2.15 bits per heavy atom. The van der Waals surface area contributed by atoms with Gasteiger partial charge < -0.3 is 4.90 Å². The first kappa shape index (κ1) is 22.8. The number of rotatable bonds is 5. The number of Topliss-reactive ketones (excluding diaryl/α,β-unsaturated/α-hetero) is 1. The molecule has 34 heavy (non-hydrogen) atoms. The van der Waals surface area contributed by atoms with E-state index in [2.05, 4.69) is 41.3 Å². The number of amides is 1. The van der Waals surface area contributed by atoms with Crippen molar-refractivity contribution in [2.75, 3.05) is 19.6 Å². The molecule has 2 fully saturated rings. The van der Waals surface area contributed by atoms with Crippen LogP contribution in [0, 0.1) is 5.41 Å². The van der Waals surface area contributed by atoms with Crippen molar-refractivity contribution in [1.29, 1.82) is 0 Å². The monoisotopic (exact) mass is 472 g/mol. The molecule has 2 aliphatic rings. The summed E-state index contributed by atoms with van der Waals surface area (Å²) < 4.78 is 0. The summed E-state index contributed by atoms with van der Waals surface area (Å²) in [6, 6.07) is 26.1. The Balaban J connectivity index is 1.31. The number of hydrogen-bond acceptors (Lipinski definition) is 3. The average molecular weight is 473 g/mol. The number of hydrogen-bond donors (Lipinski definition) is 0. The van der Waals surface area contributed by atoms with E-state index in [4.69, 9.17) is 11.6 Å². The normalized spacial score (nSPS) is 19.6. The molecule has 1 amide bonds. The Hall–Kier alpha value is -2.95. The van der Waals surface area contributed by atoms with E-state index >= 15 is 0 Å². The zero-order chi connectivity index (χ0) is 23.7. The highest BCUT2D eigenvalue weighted by atomic mass is 35.5. The van der Waals surface area contributed by atoms with Crippen molar-refractivity contribution in [1.82, 2.24) is 9.80 Å². The van der Waals surface area contributed by atoms with Gasteiger partial charge in [0.05, 0.1) is 0 Å². The molecule has 0 aromatic heterocycles. The molecule has 5 rings (SSSR count). The number of benzene rings is 3. The molecular formula is C29H29ClN2O2. The second-order valence-corrected chi connectivity index (χ2v) is 10.0.